The Morgan fingerprint density at radius 2 is 1.73 bits per heavy atom. The molecule has 0 bridgehead atoms. The zero-order valence-electron chi connectivity index (χ0n) is 19.6. The van der Waals surface area contributed by atoms with Crippen molar-refractivity contribution in [3.63, 3.8) is 0 Å². The number of rotatable bonds is 7. The van der Waals surface area contributed by atoms with Gasteiger partial charge >= 0.3 is 0 Å². The summed E-state index contributed by atoms with van der Waals surface area (Å²) in [5, 5.41) is 16.5. The summed E-state index contributed by atoms with van der Waals surface area (Å²) in [7, 11) is 1.43. The first-order valence-corrected chi connectivity index (χ1v) is 11.2. The highest BCUT2D eigenvalue weighted by Crippen LogP contribution is 2.33. The molecule has 0 unspecified atom stereocenters. The number of methoxy groups -OCH3 is 1. The van der Waals surface area contributed by atoms with Gasteiger partial charge in [-0.25, -0.2) is 5.43 Å². The Kier molecular flexibility index (Phi) is 6.21. The van der Waals surface area contributed by atoms with E-state index >= 15 is 0 Å². The normalized spacial score (nSPS) is 11.3. The molecule has 0 fully saturated rings. The van der Waals surface area contributed by atoms with Gasteiger partial charge in [0.15, 0.2) is 5.43 Å². The van der Waals surface area contributed by atoms with Gasteiger partial charge in [0.1, 0.15) is 23.8 Å². The Labute approximate surface area is 209 Å². The van der Waals surface area contributed by atoms with Gasteiger partial charge in [0.05, 0.1) is 40.9 Å². The van der Waals surface area contributed by atoms with Crippen LogP contribution >= 0.6 is 0 Å². The maximum Gasteiger partial charge on any atom is 0.284 e. The molecule has 0 aliphatic heterocycles. The molecule has 0 saturated carbocycles. The van der Waals surface area contributed by atoms with Gasteiger partial charge in [0, 0.05) is 10.8 Å². The standard InChI is InChI=1S/C27H20N4O6/c1-36-17-10-12-19(24(14-17)31(34)35)25-13-11-18(37-25)15-28-29-26(32)16-30-22-8-4-2-6-20(22)27(33)21-7-3-5-9-23(21)30/h2-15H,16H2,1H3,(H,29,32). The van der Waals surface area contributed by atoms with E-state index in [4.69, 9.17) is 9.15 Å². The van der Waals surface area contributed by atoms with E-state index in [9.17, 15) is 19.7 Å². The Morgan fingerprint density at radius 1 is 1.05 bits per heavy atom. The second-order valence-electron chi connectivity index (χ2n) is 8.08. The number of furan rings is 1. The molecule has 0 atom stereocenters. The summed E-state index contributed by atoms with van der Waals surface area (Å²) in [6.45, 7) is -0.0694. The number of pyridine rings is 1. The Bertz CT molecular complexity index is 1690. The molecule has 37 heavy (non-hydrogen) atoms. The molecule has 184 valence electrons. The second-order valence-corrected chi connectivity index (χ2v) is 8.08. The average Bonchev–Trinajstić information content (AvgIpc) is 3.39. The number of hydrogen-bond acceptors (Lipinski definition) is 7. The van der Waals surface area contributed by atoms with Crippen LogP contribution in [-0.4, -0.2) is 28.7 Å². The molecule has 2 heterocycles. The number of carbonyl (C=O) groups is 1. The first-order chi connectivity index (χ1) is 18.0. The lowest BCUT2D eigenvalue weighted by Gasteiger charge is -2.14. The molecule has 1 N–H and O–H groups in total. The van der Waals surface area contributed by atoms with Crippen LogP contribution in [0.2, 0.25) is 0 Å². The van der Waals surface area contributed by atoms with E-state index in [-0.39, 0.29) is 29.0 Å². The van der Waals surface area contributed by atoms with Crippen molar-refractivity contribution in [2.45, 2.75) is 6.54 Å². The van der Waals surface area contributed by atoms with Gasteiger partial charge < -0.3 is 13.7 Å². The number of nitro groups is 1. The Balaban J connectivity index is 1.36. The van der Waals surface area contributed by atoms with Crippen LogP contribution < -0.4 is 15.6 Å². The van der Waals surface area contributed by atoms with Gasteiger partial charge in [-0.15, -0.1) is 0 Å². The molecule has 10 heteroatoms. The lowest BCUT2D eigenvalue weighted by Crippen LogP contribution is -2.25. The molecule has 5 aromatic rings. The predicted octanol–water partition coefficient (Wildman–Crippen LogP) is 4.48. The van der Waals surface area contributed by atoms with E-state index in [2.05, 4.69) is 10.5 Å². The lowest BCUT2D eigenvalue weighted by atomic mass is 10.1. The summed E-state index contributed by atoms with van der Waals surface area (Å²) in [5.74, 6) is 0.510. The van der Waals surface area contributed by atoms with Crippen LogP contribution in [-0.2, 0) is 11.3 Å². The molecule has 5 rings (SSSR count). The van der Waals surface area contributed by atoms with Crippen molar-refractivity contribution < 1.29 is 18.9 Å². The van der Waals surface area contributed by atoms with Crippen LogP contribution in [0.4, 0.5) is 5.69 Å². The first kappa shape index (κ1) is 23.5. The van der Waals surface area contributed by atoms with Crippen molar-refractivity contribution in [1.82, 2.24) is 9.99 Å². The molecular formula is C27H20N4O6. The summed E-state index contributed by atoms with van der Waals surface area (Å²) in [4.78, 5) is 36.5. The van der Waals surface area contributed by atoms with E-state index in [1.807, 2.05) is 12.1 Å². The fraction of sp³-hybridized carbons (Fsp3) is 0.0741. The molecule has 3 aromatic carbocycles. The predicted molar refractivity (Wildman–Crippen MR) is 139 cm³/mol. The van der Waals surface area contributed by atoms with Gasteiger partial charge in [-0.1, -0.05) is 24.3 Å². The minimum atomic E-state index is -0.515. The highest BCUT2D eigenvalue weighted by atomic mass is 16.6. The number of carbonyl (C=O) groups excluding carboxylic acids is 1. The SMILES string of the molecule is COc1ccc(-c2ccc(C=NNC(=O)Cn3c4ccccc4c(=O)c4ccccc43)o2)c([N+](=O)[O-])c1. The lowest BCUT2D eigenvalue weighted by molar-refractivity contribution is -0.384. The molecule has 2 aromatic heterocycles. The number of ether oxygens (including phenoxy) is 1. The molecule has 0 aliphatic carbocycles. The minimum absolute atomic E-state index is 0.0694. The van der Waals surface area contributed by atoms with E-state index < -0.39 is 10.8 Å². The number of hydrazone groups is 1. The number of nitro benzene ring substituents is 1. The molecule has 0 radical (unpaired) electrons. The Hall–Kier alpha value is -5.25. The highest BCUT2D eigenvalue weighted by molar-refractivity contribution is 5.95. The quantitative estimate of drug-likeness (QED) is 0.153. The molecule has 0 spiro atoms. The van der Waals surface area contributed by atoms with Crippen LogP contribution in [0.1, 0.15) is 5.76 Å². The van der Waals surface area contributed by atoms with Crippen LogP contribution in [0.15, 0.2) is 93.2 Å². The van der Waals surface area contributed by atoms with Crippen LogP contribution in [0.5, 0.6) is 5.75 Å². The van der Waals surface area contributed by atoms with E-state index in [0.29, 0.717) is 33.3 Å². The summed E-state index contributed by atoms with van der Waals surface area (Å²) >= 11 is 0. The van der Waals surface area contributed by atoms with Crippen molar-refractivity contribution in [3.05, 3.63) is 105 Å². The maximum atomic E-state index is 12.9. The number of aromatic nitrogens is 1. The third-order valence-electron chi connectivity index (χ3n) is 5.86. The van der Waals surface area contributed by atoms with E-state index in [1.165, 1.54) is 25.5 Å². The Morgan fingerprint density at radius 3 is 2.38 bits per heavy atom. The fourth-order valence-corrected chi connectivity index (χ4v) is 4.16. The fourth-order valence-electron chi connectivity index (χ4n) is 4.16. The van der Waals surface area contributed by atoms with Gasteiger partial charge in [0.2, 0.25) is 0 Å². The van der Waals surface area contributed by atoms with Gasteiger partial charge in [-0.05, 0) is 48.5 Å². The third-order valence-corrected chi connectivity index (χ3v) is 5.86. The molecule has 10 nitrogen and oxygen atoms in total. The van der Waals surface area contributed by atoms with Crippen LogP contribution in [0, 0.1) is 10.1 Å². The topological polar surface area (TPSA) is 129 Å². The van der Waals surface area contributed by atoms with Crippen LogP contribution in [0.3, 0.4) is 0 Å². The van der Waals surface area contributed by atoms with Crippen molar-refractivity contribution in [2.24, 2.45) is 5.10 Å². The molecular weight excluding hydrogens is 476 g/mol. The minimum Gasteiger partial charge on any atom is -0.497 e. The number of nitrogens with zero attached hydrogens (tertiary/aromatic N) is 3. The number of hydrogen-bond donors (Lipinski definition) is 1. The molecule has 1 amide bonds. The second kappa shape index (κ2) is 9.78. The number of amides is 1. The molecule has 0 aliphatic rings. The van der Waals surface area contributed by atoms with E-state index in [1.54, 1.807) is 59.2 Å². The maximum absolute atomic E-state index is 12.9. The summed E-state index contributed by atoms with van der Waals surface area (Å²) in [6.07, 6.45) is 1.30. The zero-order valence-corrected chi connectivity index (χ0v) is 19.6. The van der Waals surface area contributed by atoms with Gasteiger partial charge in [-0.3, -0.25) is 19.7 Å². The van der Waals surface area contributed by atoms with Crippen molar-refractivity contribution >= 4 is 39.6 Å². The smallest absolute Gasteiger partial charge is 0.284 e. The largest absolute Gasteiger partial charge is 0.497 e. The first-order valence-electron chi connectivity index (χ1n) is 11.2. The monoisotopic (exact) mass is 496 g/mol. The van der Waals surface area contributed by atoms with Crippen molar-refractivity contribution in [1.29, 1.82) is 0 Å². The van der Waals surface area contributed by atoms with Crippen molar-refractivity contribution in [3.8, 4) is 17.1 Å². The average molecular weight is 496 g/mol. The van der Waals surface area contributed by atoms with Crippen LogP contribution in [0.25, 0.3) is 33.1 Å². The number of para-hydroxylation sites is 2. The molecule has 0 saturated heterocycles. The van der Waals surface area contributed by atoms with Crippen molar-refractivity contribution in [2.75, 3.05) is 7.11 Å². The van der Waals surface area contributed by atoms with Gasteiger partial charge in [0.25, 0.3) is 11.6 Å². The number of nitrogens with one attached hydrogen (secondary N) is 1. The summed E-state index contributed by atoms with van der Waals surface area (Å²) in [5.41, 5.74) is 3.78. The summed E-state index contributed by atoms with van der Waals surface area (Å²) in [6, 6.07) is 21.9. The highest BCUT2D eigenvalue weighted by Gasteiger charge is 2.19. The number of benzene rings is 3. The summed E-state index contributed by atoms with van der Waals surface area (Å²) < 4.78 is 12.5. The van der Waals surface area contributed by atoms with Gasteiger partial charge in [-0.2, -0.15) is 5.10 Å². The van der Waals surface area contributed by atoms with E-state index in [0.717, 1.165) is 0 Å². The number of fused-ring (bicyclic) bond motifs is 2. The third kappa shape index (κ3) is 4.55. The zero-order chi connectivity index (χ0) is 25.9.